The highest BCUT2D eigenvalue weighted by Gasteiger charge is 2.29. The van der Waals surface area contributed by atoms with E-state index in [2.05, 4.69) is 5.10 Å². The normalized spacial score (nSPS) is 12.1. The van der Waals surface area contributed by atoms with Crippen molar-refractivity contribution in [1.82, 2.24) is 9.78 Å². The summed E-state index contributed by atoms with van der Waals surface area (Å²) in [6.45, 7) is 1.09. The molecular formula is C18H16FN3O3. The van der Waals surface area contributed by atoms with Crippen molar-refractivity contribution in [3.8, 4) is 5.69 Å². The summed E-state index contributed by atoms with van der Waals surface area (Å²) >= 11 is 0. The van der Waals surface area contributed by atoms with E-state index in [9.17, 15) is 19.3 Å². The van der Waals surface area contributed by atoms with Crippen molar-refractivity contribution >= 4 is 0 Å². The average molecular weight is 341 g/mol. The van der Waals surface area contributed by atoms with Gasteiger partial charge in [-0.1, -0.05) is 36.4 Å². The SMILES string of the molecule is Cc1[nH]n(-c2ccccc2)c(=O)c1[C@@H](C[N+](=O)[O-])c1ccccc1F. The zero-order valence-corrected chi connectivity index (χ0v) is 13.5. The third kappa shape index (κ3) is 3.21. The van der Waals surface area contributed by atoms with Crippen LogP contribution in [0.4, 0.5) is 4.39 Å². The molecule has 0 aliphatic carbocycles. The Balaban J connectivity index is 2.18. The van der Waals surface area contributed by atoms with E-state index in [0.717, 1.165) is 0 Å². The molecule has 6 nitrogen and oxygen atoms in total. The van der Waals surface area contributed by atoms with E-state index in [1.807, 2.05) is 6.07 Å². The van der Waals surface area contributed by atoms with Gasteiger partial charge in [0.05, 0.1) is 17.2 Å². The molecule has 3 aromatic rings. The van der Waals surface area contributed by atoms with Crippen molar-refractivity contribution in [3.63, 3.8) is 0 Å². The molecule has 0 unspecified atom stereocenters. The standard InChI is InChI=1S/C18H16FN3O3/c1-12-17(18(23)22(20-12)13-7-3-2-4-8-13)15(11-21(24)25)14-9-5-6-10-16(14)19/h2-10,15,20H,11H2,1H3/t15-/m0/s1. The second-order valence-electron chi connectivity index (χ2n) is 5.72. The predicted molar refractivity (Wildman–Crippen MR) is 91.2 cm³/mol. The molecule has 1 aromatic heterocycles. The summed E-state index contributed by atoms with van der Waals surface area (Å²) < 4.78 is 15.5. The van der Waals surface area contributed by atoms with Crippen LogP contribution in [0.3, 0.4) is 0 Å². The highest BCUT2D eigenvalue weighted by Crippen LogP contribution is 2.27. The summed E-state index contributed by atoms with van der Waals surface area (Å²) in [6.07, 6.45) is 0. The van der Waals surface area contributed by atoms with Gasteiger partial charge in [-0.05, 0) is 25.1 Å². The maximum Gasteiger partial charge on any atom is 0.275 e. The number of nitrogens with zero attached hydrogens (tertiary/aromatic N) is 2. The summed E-state index contributed by atoms with van der Waals surface area (Å²) in [7, 11) is 0. The maximum absolute atomic E-state index is 14.2. The predicted octanol–water partition coefficient (Wildman–Crippen LogP) is 3.02. The number of aromatic amines is 1. The molecule has 128 valence electrons. The highest BCUT2D eigenvalue weighted by molar-refractivity contribution is 5.38. The molecule has 2 aromatic carbocycles. The molecular weight excluding hydrogens is 325 g/mol. The van der Waals surface area contributed by atoms with Crippen LogP contribution in [-0.2, 0) is 0 Å². The number of rotatable bonds is 5. The maximum atomic E-state index is 14.2. The molecule has 25 heavy (non-hydrogen) atoms. The summed E-state index contributed by atoms with van der Waals surface area (Å²) in [4.78, 5) is 23.5. The number of H-pyrrole nitrogens is 1. The zero-order chi connectivity index (χ0) is 18.0. The molecule has 0 bridgehead atoms. The topological polar surface area (TPSA) is 80.9 Å². The Labute approximate surface area is 142 Å². The fourth-order valence-corrected chi connectivity index (χ4v) is 2.98. The largest absolute Gasteiger partial charge is 0.295 e. The number of aromatic nitrogens is 2. The van der Waals surface area contributed by atoms with Gasteiger partial charge in [-0.3, -0.25) is 20.0 Å². The van der Waals surface area contributed by atoms with Gasteiger partial charge in [0.15, 0.2) is 0 Å². The molecule has 0 saturated carbocycles. The summed E-state index contributed by atoms with van der Waals surface area (Å²) in [5.74, 6) is -1.54. The van der Waals surface area contributed by atoms with E-state index >= 15 is 0 Å². The highest BCUT2D eigenvalue weighted by atomic mass is 19.1. The second-order valence-corrected chi connectivity index (χ2v) is 5.72. The molecule has 7 heteroatoms. The van der Waals surface area contributed by atoms with Crippen LogP contribution in [0.15, 0.2) is 59.4 Å². The van der Waals surface area contributed by atoms with Gasteiger partial charge in [-0.25, -0.2) is 9.07 Å². The minimum absolute atomic E-state index is 0.138. The number of nitrogens with one attached hydrogen (secondary N) is 1. The number of benzene rings is 2. The Bertz CT molecular complexity index is 963. The van der Waals surface area contributed by atoms with Crippen LogP contribution in [0.5, 0.6) is 0 Å². The fraction of sp³-hybridized carbons (Fsp3) is 0.167. The van der Waals surface area contributed by atoms with Crippen LogP contribution >= 0.6 is 0 Å². The van der Waals surface area contributed by atoms with Gasteiger partial charge in [-0.2, -0.15) is 0 Å². The van der Waals surface area contributed by atoms with Gasteiger partial charge in [0, 0.05) is 16.2 Å². The Hall–Kier alpha value is -3.22. The first kappa shape index (κ1) is 16.6. The smallest absolute Gasteiger partial charge is 0.275 e. The van der Waals surface area contributed by atoms with Crippen molar-refractivity contribution in [3.05, 3.63) is 97.7 Å². The van der Waals surface area contributed by atoms with Crippen molar-refractivity contribution < 1.29 is 9.31 Å². The number of para-hydroxylation sites is 1. The van der Waals surface area contributed by atoms with Gasteiger partial charge >= 0.3 is 0 Å². The van der Waals surface area contributed by atoms with Crippen LogP contribution in [0.1, 0.15) is 22.7 Å². The molecule has 0 aliphatic heterocycles. The van der Waals surface area contributed by atoms with Crippen LogP contribution in [0, 0.1) is 22.9 Å². The molecule has 1 heterocycles. The number of hydrogen-bond acceptors (Lipinski definition) is 3. The first-order valence-corrected chi connectivity index (χ1v) is 7.72. The molecule has 1 N–H and O–H groups in total. The summed E-state index contributed by atoms with van der Waals surface area (Å²) in [5.41, 5.74) is 1.00. The first-order valence-electron chi connectivity index (χ1n) is 7.72. The quantitative estimate of drug-likeness (QED) is 0.572. The zero-order valence-electron chi connectivity index (χ0n) is 13.5. The second kappa shape index (κ2) is 6.72. The van der Waals surface area contributed by atoms with Gasteiger partial charge < -0.3 is 0 Å². The Morgan fingerprint density at radius 2 is 1.80 bits per heavy atom. The van der Waals surface area contributed by atoms with Crippen LogP contribution < -0.4 is 5.56 Å². The molecule has 0 fully saturated rings. The monoisotopic (exact) mass is 341 g/mol. The number of halogens is 1. The van der Waals surface area contributed by atoms with Crippen LogP contribution in [-0.4, -0.2) is 21.2 Å². The third-order valence-electron chi connectivity index (χ3n) is 4.09. The van der Waals surface area contributed by atoms with Crippen molar-refractivity contribution in [2.75, 3.05) is 6.54 Å². The summed E-state index contributed by atoms with van der Waals surface area (Å²) in [6, 6.07) is 14.7. The van der Waals surface area contributed by atoms with Crippen molar-refractivity contribution in [2.24, 2.45) is 0 Å². The molecule has 0 radical (unpaired) electrons. The van der Waals surface area contributed by atoms with Gasteiger partial charge in [0.1, 0.15) is 5.82 Å². The van der Waals surface area contributed by atoms with E-state index in [-0.39, 0.29) is 11.1 Å². The van der Waals surface area contributed by atoms with Crippen molar-refractivity contribution in [2.45, 2.75) is 12.8 Å². The Kier molecular flexibility index (Phi) is 4.47. The first-order chi connectivity index (χ1) is 12.0. The lowest BCUT2D eigenvalue weighted by molar-refractivity contribution is -0.481. The molecule has 1 atom stereocenters. The molecule has 3 rings (SSSR count). The van der Waals surface area contributed by atoms with Crippen molar-refractivity contribution in [1.29, 1.82) is 0 Å². The lowest BCUT2D eigenvalue weighted by Crippen LogP contribution is -2.24. The Morgan fingerprint density at radius 1 is 1.16 bits per heavy atom. The van der Waals surface area contributed by atoms with E-state index in [4.69, 9.17) is 0 Å². The molecule has 0 amide bonds. The van der Waals surface area contributed by atoms with Crippen LogP contribution in [0.2, 0.25) is 0 Å². The number of nitro groups is 1. The molecule has 0 aliphatic rings. The molecule has 0 saturated heterocycles. The summed E-state index contributed by atoms with van der Waals surface area (Å²) in [5, 5.41) is 14.1. The van der Waals surface area contributed by atoms with E-state index in [0.29, 0.717) is 11.4 Å². The van der Waals surface area contributed by atoms with E-state index in [1.54, 1.807) is 37.3 Å². The minimum atomic E-state index is -0.968. The van der Waals surface area contributed by atoms with E-state index < -0.39 is 28.8 Å². The Morgan fingerprint density at radius 3 is 2.44 bits per heavy atom. The van der Waals surface area contributed by atoms with Crippen LogP contribution in [0.25, 0.3) is 5.69 Å². The lowest BCUT2D eigenvalue weighted by atomic mass is 9.91. The average Bonchev–Trinajstić information content (AvgIpc) is 2.89. The van der Waals surface area contributed by atoms with E-state index in [1.165, 1.54) is 22.9 Å². The van der Waals surface area contributed by atoms with Gasteiger partial charge in [0.25, 0.3) is 5.56 Å². The number of aryl methyl sites for hydroxylation is 1. The minimum Gasteiger partial charge on any atom is -0.295 e. The van der Waals surface area contributed by atoms with Gasteiger partial charge in [-0.15, -0.1) is 0 Å². The fourth-order valence-electron chi connectivity index (χ4n) is 2.98. The van der Waals surface area contributed by atoms with Gasteiger partial charge in [0.2, 0.25) is 6.54 Å². The molecule has 0 spiro atoms. The lowest BCUT2D eigenvalue weighted by Gasteiger charge is -2.13. The number of hydrogen-bond donors (Lipinski definition) is 1. The third-order valence-corrected chi connectivity index (χ3v) is 4.09.